The van der Waals surface area contributed by atoms with Gasteiger partial charge in [-0.05, 0) is 104 Å². The van der Waals surface area contributed by atoms with Crippen molar-refractivity contribution in [3.05, 3.63) is 102 Å². The second kappa shape index (κ2) is 22.7. The monoisotopic (exact) mass is 993 g/mol. The molecule has 0 saturated heterocycles. The predicted molar refractivity (Wildman–Crippen MR) is 261 cm³/mol. The van der Waals surface area contributed by atoms with Gasteiger partial charge in [0.1, 0.15) is 31.1 Å². The number of esters is 1. The van der Waals surface area contributed by atoms with Gasteiger partial charge >= 0.3 is 18.1 Å². The quantitative estimate of drug-likeness (QED) is 0.0153. The Bertz CT molecular complexity index is 2900. The lowest BCUT2D eigenvalue weighted by molar-refractivity contribution is -0.172. The van der Waals surface area contributed by atoms with E-state index in [9.17, 15) is 38.7 Å². The third-order valence-corrected chi connectivity index (χ3v) is 13.6. The maximum absolute atomic E-state index is 15.4. The Kier molecular flexibility index (Phi) is 16.4. The second-order valence-electron chi connectivity index (χ2n) is 18.7. The molecule has 382 valence electrons. The van der Waals surface area contributed by atoms with Crippen molar-refractivity contribution in [2.24, 2.45) is 16.8 Å². The van der Waals surface area contributed by atoms with E-state index >= 15 is 4.39 Å². The summed E-state index contributed by atoms with van der Waals surface area (Å²) < 4.78 is 27.8. The minimum atomic E-state index is -2.04. The van der Waals surface area contributed by atoms with Gasteiger partial charge in [-0.3, -0.25) is 19.2 Å². The number of pyridine rings is 2. The number of aliphatic hydroxyl groups is 1. The summed E-state index contributed by atoms with van der Waals surface area (Å²) >= 11 is 0. The number of hydrogen-bond donors (Lipinski definition) is 7. The number of primary amides is 1. The number of fused-ring (bicyclic) bond motifs is 5. The van der Waals surface area contributed by atoms with Crippen LogP contribution in [-0.2, 0) is 60.4 Å². The molecule has 4 atom stereocenters. The smallest absolute Gasteiger partial charge is 0.407 e. The number of unbranched alkanes of at least 4 members (excludes halogenated alkanes) is 3. The molecule has 2 aliphatic heterocycles. The highest BCUT2D eigenvalue weighted by molar-refractivity contribution is 5.98. The lowest BCUT2D eigenvalue weighted by Gasteiger charge is -2.31. The van der Waals surface area contributed by atoms with Crippen LogP contribution in [0.5, 0.6) is 0 Å². The van der Waals surface area contributed by atoms with E-state index in [4.69, 9.17) is 25.7 Å². The average Bonchev–Trinajstić information content (AvgIpc) is 3.72. The highest BCUT2D eigenvalue weighted by Gasteiger charge is 2.46. The van der Waals surface area contributed by atoms with Crippen molar-refractivity contribution in [3.8, 4) is 11.4 Å². The van der Waals surface area contributed by atoms with Gasteiger partial charge in [0.25, 0.3) is 5.56 Å². The zero-order valence-corrected chi connectivity index (χ0v) is 40.7. The number of ether oxygens (including phenoxy) is 2. The van der Waals surface area contributed by atoms with E-state index in [-0.39, 0.29) is 74.9 Å². The van der Waals surface area contributed by atoms with Crippen LogP contribution in [0.2, 0.25) is 0 Å². The van der Waals surface area contributed by atoms with E-state index in [2.05, 4.69) is 36.6 Å². The van der Waals surface area contributed by atoms with Crippen LogP contribution < -0.4 is 37.9 Å². The maximum Gasteiger partial charge on any atom is 0.407 e. The third-order valence-electron chi connectivity index (χ3n) is 13.6. The minimum absolute atomic E-state index is 0.0367. The van der Waals surface area contributed by atoms with E-state index in [1.807, 2.05) is 0 Å². The number of carbonyl (C=O) groups is 6. The highest BCUT2D eigenvalue weighted by Crippen LogP contribution is 2.46. The Hall–Kier alpha value is -7.58. The molecule has 1 aliphatic carbocycles. The van der Waals surface area contributed by atoms with E-state index < -0.39 is 65.0 Å². The van der Waals surface area contributed by atoms with Gasteiger partial charge in [0.2, 0.25) is 17.7 Å². The van der Waals surface area contributed by atoms with Crippen LogP contribution >= 0.6 is 0 Å². The van der Waals surface area contributed by atoms with E-state index in [1.165, 1.54) is 10.6 Å². The summed E-state index contributed by atoms with van der Waals surface area (Å²) in [6.07, 6.45) is 3.46. The number of nitrogens with one attached hydrogen (secondary N) is 5. The fourth-order valence-corrected chi connectivity index (χ4v) is 9.64. The van der Waals surface area contributed by atoms with Crippen molar-refractivity contribution in [1.29, 1.82) is 0 Å². The van der Waals surface area contributed by atoms with Crippen molar-refractivity contribution in [3.63, 3.8) is 0 Å². The maximum atomic E-state index is 15.4. The summed E-state index contributed by atoms with van der Waals surface area (Å²) in [5.74, 6) is -3.04. The van der Waals surface area contributed by atoms with Gasteiger partial charge in [-0.2, -0.15) is 0 Å². The number of hydrogen-bond acceptors (Lipinski definition) is 12. The Balaban J connectivity index is 1.01. The first kappa shape index (κ1) is 52.2. The van der Waals surface area contributed by atoms with Gasteiger partial charge in [-0.25, -0.2) is 23.8 Å². The Morgan fingerprint density at radius 3 is 2.50 bits per heavy atom. The molecular weight excluding hydrogens is 934 g/mol. The molecule has 7 rings (SSSR count). The normalized spacial score (nSPS) is 17.0. The summed E-state index contributed by atoms with van der Waals surface area (Å²) in [7, 11) is 0. The van der Waals surface area contributed by atoms with Gasteiger partial charge < -0.3 is 51.5 Å². The number of azide groups is 1. The van der Waals surface area contributed by atoms with Crippen LogP contribution in [-0.4, -0.2) is 75.6 Å². The van der Waals surface area contributed by atoms with Crippen molar-refractivity contribution in [1.82, 2.24) is 30.8 Å². The lowest BCUT2D eigenvalue weighted by Crippen LogP contribution is -2.54. The summed E-state index contributed by atoms with van der Waals surface area (Å²) in [4.78, 5) is 99.3. The molecular formula is C50H60FN11O10. The lowest BCUT2D eigenvalue weighted by atomic mass is 9.81. The number of nitrogens with zero attached hydrogens (tertiary/aromatic N) is 5. The average molecular weight is 994 g/mol. The zero-order chi connectivity index (χ0) is 51.9. The summed E-state index contributed by atoms with van der Waals surface area (Å²) in [5.41, 5.74) is 15.9. The van der Waals surface area contributed by atoms with Crippen LogP contribution in [0, 0.1) is 18.7 Å². The number of carbonyl (C=O) groups excluding carboxylic acids is 6. The van der Waals surface area contributed by atoms with Crippen molar-refractivity contribution in [2.75, 3.05) is 18.4 Å². The molecule has 0 radical (unpaired) electrons. The molecule has 3 aliphatic rings. The molecule has 2 aromatic carbocycles. The van der Waals surface area contributed by atoms with Crippen LogP contribution in [0.4, 0.5) is 19.7 Å². The zero-order valence-electron chi connectivity index (χ0n) is 40.7. The molecule has 8 N–H and O–H groups in total. The van der Waals surface area contributed by atoms with Crippen molar-refractivity contribution >= 4 is 52.4 Å². The Labute approximate surface area is 413 Å². The number of rotatable bonds is 21. The SMILES string of the molecule is CC[C@@]1(O)C(=O)OCc2c1cc1n(c2=O)Cc2c-1nc1cc(F)c(C)c3c1c2[C@@H](NC(=O)OCc1ccc(NC(=O)[C@H](CCCNC(N)=O)NC(=O)[C@@H](NC(=O)CCCCCCN=[N+]=[N-])C(C)C)cc1)CC3. The molecule has 6 amide bonds. The van der Waals surface area contributed by atoms with Gasteiger partial charge in [0.15, 0.2) is 5.60 Å². The largest absolute Gasteiger partial charge is 0.458 e. The number of cyclic esters (lactones) is 1. The standard InChI is InChI=1S/C50H60FN11O10/c1-5-50(70)33-21-38-43-31(23-62(38)46(66)32(33)25-71-47(50)67)41-35(18-17-30-27(4)34(51)22-37(57-43)40(30)41)59-49(69)72-24-28-13-15-29(16-14-28)56-44(64)36(11-10-19-54-48(52)68)58-45(65)42(26(2)3)60-39(63)12-8-6-7-9-20-55-61-53/h13-16,21-22,26,35-36,42,70H,5-12,17-20,23-25H2,1-4H3,(H,56,64)(H,58,65)(H,59,69)(H,60,63)(H3,52,54,68)/t35-,36-,42-,50-/m0/s1. The molecule has 0 unspecified atom stereocenters. The molecule has 0 spiro atoms. The van der Waals surface area contributed by atoms with E-state index in [0.717, 1.165) is 18.4 Å². The first-order valence-electron chi connectivity index (χ1n) is 24.2. The van der Waals surface area contributed by atoms with Gasteiger partial charge in [0.05, 0.1) is 35.1 Å². The van der Waals surface area contributed by atoms with Crippen LogP contribution in [0.25, 0.3) is 32.7 Å². The van der Waals surface area contributed by atoms with Gasteiger partial charge in [-0.1, -0.05) is 50.9 Å². The first-order chi connectivity index (χ1) is 34.4. The fraction of sp³-hybridized carbons (Fsp3) is 0.480. The fourth-order valence-electron chi connectivity index (χ4n) is 9.64. The Morgan fingerprint density at radius 1 is 1.04 bits per heavy atom. The molecule has 72 heavy (non-hydrogen) atoms. The summed E-state index contributed by atoms with van der Waals surface area (Å²) in [6, 6.07) is 6.06. The molecule has 22 heteroatoms. The number of halogens is 1. The van der Waals surface area contributed by atoms with Crippen LogP contribution in [0.15, 0.2) is 46.3 Å². The molecule has 0 bridgehead atoms. The molecule has 21 nitrogen and oxygen atoms in total. The summed E-state index contributed by atoms with van der Waals surface area (Å²) in [5, 5.41) is 29.4. The number of aromatic nitrogens is 2. The molecule has 0 fully saturated rings. The van der Waals surface area contributed by atoms with Crippen molar-refractivity contribution < 1.29 is 47.7 Å². The molecule has 4 aromatic rings. The van der Waals surface area contributed by atoms with E-state index in [1.54, 1.807) is 58.0 Å². The highest BCUT2D eigenvalue weighted by atomic mass is 19.1. The van der Waals surface area contributed by atoms with Crippen molar-refractivity contribution in [2.45, 2.75) is 135 Å². The topological polar surface area (TPSA) is 311 Å². The second-order valence-corrected chi connectivity index (χ2v) is 18.7. The number of anilines is 1. The summed E-state index contributed by atoms with van der Waals surface area (Å²) in [6.45, 7) is 7.00. The van der Waals surface area contributed by atoms with E-state index in [0.29, 0.717) is 82.5 Å². The molecule has 2 aromatic heterocycles. The Morgan fingerprint density at radius 2 is 1.79 bits per heavy atom. The van der Waals surface area contributed by atoms with Gasteiger partial charge in [0, 0.05) is 52.7 Å². The predicted octanol–water partition coefficient (Wildman–Crippen LogP) is 5.71. The number of nitrogens with two attached hydrogens (primary N) is 1. The van der Waals surface area contributed by atoms with Gasteiger partial charge in [-0.15, -0.1) is 0 Å². The number of alkyl carbamates (subject to hydrolysis) is 1. The third kappa shape index (κ3) is 11.3. The minimum Gasteiger partial charge on any atom is -0.458 e. The van der Waals surface area contributed by atoms with Crippen LogP contribution in [0.3, 0.4) is 0 Å². The number of urea groups is 1. The number of aryl methyl sites for hydroxylation is 1. The number of benzene rings is 2. The van der Waals surface area contributed by atoms with Crippen LogP contribution in [0.1, 0.15) is 124 Å². The molecule has 0 saturated carbocycles. The molecule has 4 heterocycles. The number of amides is 6. The first-order valence-corrected chi connectivity index (χ1v) is 24.2.